The molecule has 2 aromatic rings. The highest BCUT2D eigenvalue weighted by Crippen LogP contribution is 2.19. The van der Waals surface area contributed by atoms with E-state index in [1.54, 1.807) is 0 Å². The monoisotopic (exact) mass is 370 g/mol. The number of nitrogens with zero attached hydrogens (tertiary/aromatic N) is 2. The number of amides is 2. The van der Waals surface area contributed by atoms with E-state index >= 15 is 0 Å². The molecule has 1 aliphatic rings. The first-order valence-corrected chi connectivity index (χ1v) is 10.2. The molecule has 0 aliphatic heterocycles. The van der Waals surface area contributed by atoms with Crippen LogP contribution in [0.5, 0.6) is 0 Å². The SMILES string of the molecule is CCCC(=O)NCCCc1nc2ccccc2n1CC(=O)NC1CCCC1. The van der Waals surface area contributed by atoms with Gasteiger partial charge in [0.05, 0.1) is 11.0 Å². The van der Waals surface area contributed by atoms with E-state index in [1.807, 2.05) is 35.8 Å². The summed E-state index contributed by atoms with van der Waals surface area (Å²) in [6.07, 6.45) is 7.54. The van der Waals surface area contributed by atoms with E-state index < -0.39 is 0 Å². The normalized spacial score (nSPS) is 14.6. The molecule has 27 heavy (non-hydrogen) atoms. The molecule has 0 radical (unpaired) electrons. The highest BCUT2D eigenvalue weighted by Gasteiger charge is 2.19. The Morgan fingerprint density at radius 1 is 1.19 bits per heavy atom. The van der Waals surface area contributed by atoms with E-state index in [9.17, 15) is 9.59 Å². The van der Waals surface area contributed by atoms with Crippen LogP contribution in [0.4, 0.5) is 0 Å². The van der Waals surface area contributed by atoms with E-state index in [1.165, 1.54) is 12.8 Å². The number of aryl methyl sites for hydroxylation is 1. The number of hydrogen-bond donors (Lipinski definition) is 2. The van der Waals surface area contributed by atoms with Crippen molar-refractivity contribution in [1.82, 2.24) is 20.2 Å². The third-order valence-corrected chi connectivity index (χ3v) is 5.13. The molecule has 3 rings (SSSR count). The number of aromatic nitrogens is 2. The summed E-state index contributed by atoms with van der Waals surface area (Å²) in [6, 6.07) is 8.26. The molecule has 1 saturated carbocycles. The Bertz CT molecular complexity index is 778. The summed E-state index contributed by atoms with van der Waals surface area (Å²) in [7, 11) is 0. The van der Waals surface area contributed by atoms with Gasteiger partial charge in [-0.3, -0.25) is 9.59 Å². The number of benzene rings is 1. The summed E-state index contributed by atoms with van der Waals surface area (Å²) in [5.74, 6) is 1.06. The van der Waals surface area contributed by atoms with Gasteiger partial charge in [-0.2, -0.15) is 0 Å². The third-order valence-electron chi connectivity index (χ3n) is 5.13. The maximum atomic E-state index is 12.5. The highest BCUT2D eigenvalue weighted by atomic mass is 16.2. The Hall–Kier alpha value is -2.37. The van der Waals surface area contributed by atoms with Crippen molar-refractivity contribution in [3.63, 3.8) is 0 Å². The standard InChI is InChI=1S/C21H30N4O2/c1-2-8-20(26)22-14-7-13-19-24-17-11-5-6-12-18(17)25(19)15-21(27)23-16-9-3-4-10-16/h5-6,11-12,16H,2-4,7-10,13-15H2,1H3,(H,22,26)(H,23,27). The van der Waals surface area contributed by atoms with E-state index in [2.05, 4.69) is 10.6 Å². The zero-order chi connectivity index (χ0) is 19.1. The van der Waals surface area contributed by atoms with Crippen LogP contribution in [0.2, 0.25) is 0 Å². The molecular weight excluding hydrogens is 340 g/mol. The van der Waals surface area contributed by atoms with Gasteiger partial charge in [-0.1, -0.05) is 31.9 Å². The quantitative estimate of drug-likeness (QED) is 0.666. The Morgan fingerprint density at radius 2 is 1.96 bits per heavy atom. The molecule has 1 heterocycles. The van der Waals surface area contributed by atoms with Crippen LogP contribution in [-0.4, -0.2) is 34.0 Å². The summed E-state index contributed by atoms with van der Waals surface area (Å²) in [5.41, 5.74) is 1.90. The van der Waals surface area contributed by atoms with Crippen LogP contribution in [0.3, 0.4) is 0 Å². The van der Waals surface area contributed by atoms with Crippen molar-refractivity contribution >= 4 is 22.8 Å². The summed E-state index contributed by atoms with van der Waals surface area (Å²) in [4.78, 5) is 28.8. The Kier molecular flexibility index (Phi) is 6.85. The van der Waals surface area contributed by atoms with Crippen molar-refractivity contribution in [3.8, 4) is 0 Å². The van der Waals surface area contributed by atoms with Crippen LogP contribution in [0.1, 0.15) is 57.7 Å². The zero-order valence-corrected chi connectivity index (χ0v) is 16.2. The Morgan fingerprint density at radius 3 is 2.74 bits per heavy atom. The first-order chi connectivity index (χ1) is 13.2. The molecule has 2 amide bonds. The topological polar surface area (TPSA) is 76.0 Å². The molecule has 1 aromatic heterocycles. The van der Waals surface area contributed by atoms with Crippen LogP contribution in [-0.2, 0) is 22.6 Å². The van der Waals surface area contributed by atoms with Crippen molar-refractivity contribution < 1.29 is 9.59 Å². The lowest BCUT2D eigenvalue weighted by Crippen LogP contribution is -2.35. The van der Waals surface area contributed by atoms with Gasteiger partial charge in [0.2, 0.25) is 11.8 Å². The Balaban J connectivity index is 1.64. The number of para-hydroxylation sites is 2. The fraction of sp³-hybridized carbons (Fsp3) is 0.571. The van der Waals surface area contributed by atoms with E-state index in [-0.39, 0.29) is 11.8 Å². The van der Waals surface area contributed by atoms with Crippen molar-refractivity contribution in [2.45, 2.75) is 70.9 Å². The fourth-order valence-electron chi connectivity index (χ4n) is 3.77. The molecule has 1 aromatic carbocycles. The number of fused-ring (bicyclic) bond motifs is 1. The second kappa shape index (κ2) is 9.53. The molecule has 6 heteroatoms. The average molecular weight is 370 g/mol. The number of nitrogens with one attached hydrogen (secondary N) is 2. The molecule has 6 nitrogen and oxygen atoms in total. The van der Waals surface area contributed by atoms with Crippen molar-refractivity contribution in [1.29, 1.82) is 0 Å². The minimum absolute atomic E-state index is 0.0579. The van der Waals surface area contributed by atoms with Crippen LogP contribution in [0.15, 0.2) is 24.3 Å². The van der Waals surface area contributed by atoms with Gasteiger partial charge in [0.15, 0.2) is 0 Å². The van der Waals surface area contributed by atoms with Gasteiger partial charge in [0.1, 0.15) is 12.4 Å². The van der Waals surface area contributed by atoms with E-state index in [0.717, 1.165) is 49.0 Å². The predicted molar refractivity (Wildman–Crippen MR) is 106 cm³/mol. The van der Waals surface area contributed by atoms with Gasteiger partial charge in [-0.05, 0) is 37.8 Å². The molecular formula is C21H30N4O2. The molecule has 0 atom stereocenters. The molecule has 0 saturated heterocycles. The zero-order valence-electron chi connectivity index (χ0n) is 16.2. The molecule has 1 aliphatic carbocycles. The maximum absolute atomic E-state index is 12.5. The van der Waals surface area contributed by atoms with Crippen molar-refractivity contribution in [2.75, 3.05) is 6.54 Å². The predicted octanol–water partition coefficient (Wildman–Crippen LogP) is 2.94. The summed E-state index contributed by atoms with van der Waals surface area (Å²) < 4.78 is 2.02. The summed E-state index contributed by atoms with van der Waals surface area (Å²) >= 11 is 0. The number of imidazole rings is 1. The average Bonchev–Trinajstić information content (AvgIpc) is 3.27. The maximum Gasteiger partial charge on any atom is 0.240 e. The largest absolute Gasteiger partial charge is 0.356 e. The lowest BCUT2D eigenvalue weighted by molar-refractivity contribution is -0.122. The lowest BCUT2D eigenvalue weighted by atomic mass is 10.2. The molecule has 0 bridgehead atoms. The van der Waals surface area contributed by atoms with Gasteiger partial charge >= 0.3 is 0 Å². The molecule has 146 valence electrons. The smallest absolute Gasteiger partial charge is 0.240 e. The number of carbonyl (C=O) groups is 2. The molecule has 1 fully saturated rings. The first-order valence-electron chi connectivity index (χ1n) is 10.2. The second-order valence-electron chi connectivity index (χ2n) is 7.36. The fourth-order valence-corrected chi connectivity index (χ4v) is 3.77. The summed E-state index contributed by atoms with van der Waals surface area (Å²) in [5, 5.41) is 6.10. The van der Waals surface area contributed by atoms with Crippen molar-refractivity contribution in [2.24, 2.45) is 0 Å². The van der Waals surface area contributed by atoms with Gasteiger partial charge < -0.3 is 15.2 Å². The van der Waals surface area contributed by atoms with Crippen LogP contribution in [0, 0.1) is 0 Å². The highest BCUT2D eigenvalue weighted by molar-refractivity contribution is 5.81. The van der Waals surface area contributed by atoms with Gasteiger partial charge in [-0.15, -0.1) is 0 Å². The molecule has 0 spiro atoms. The van der Waals surface area contributed by atoms with E-state index in [0.29, 0.717) is 25.6 Å². The van der Waals surface area contributed by atoms with Gasteiger partial charge in [0.25, 0.3) is 0 Å². The lowest BCUT2D eigenvalue weighted by Gasteiger charge is -2.14. The number of carbonyl (C=O) groups excluding carboxylic acids is 2. The van der Waals surface area contributed by atoms with Crippen molar-refractivity contribution in [3.05, 3.63) is 30.1 Å². The minimum atomic E-state index is 0.0579. The molecule has 2 N–H and O–H groups in total. The van der Waals surface area contributed by atoms with E-state index in [4.69, 9.17) is 4.98 Å². The second-order valence-corrected chi connectivity index (χ2v) is 7.36. The van der Waals surface area contributed by atoms with Crippen LogP contribution in [0.25, 0.3) is 11.0 Å². The molecule has 0 unspecified atom stereocenters. The Labute approximate surface area is 160 Å². The number of hydrogen-bond acceptors (Lipinski definition) is 3. The van der Waals surface area contributed by atoms with Crippen LogP contribution < -0.4 is 10.6 Å². The van der Waals surface area contributed by atoms with Gasteiger partial charge in [-0.25, -0.2) is 4.98 Å². The first kappa shape index (κ1) is 19.4. The third kappa shape index (κ3) is 5.31. The minimum Gasteiger partial charge on any atom is -0.356 e. The summed E-state index contributed by atoms with van der Waals surface area (Å²) in [6.45, 7) is 2.93. The van der Waals surface area contributed by atoms with Gasteiger partial charge in [0, 0.05) is 25.4 Å². The van der Waals surface area contributed by atoms with Crippen LogP contribution >= 0.6 is 0 Å². The number of rotatable bonds is 9.